The molecule has 1 N–H and O–H groups in total. The summed E-state index contributed by atoms with van der Waals surface area (Å²) >= 11 is 0. The molecular formula is C17H25N5O. The van der Waals surface area contributed by atoms with E-state index in [4.69, 9.17) is 0 Å². The minimum atomic E-state index is 0.198. The van der Waals surface area contributed by atoms with Gasteiger partial charge < -0.3 is 9.47 Å². The van der Waals surface area contributed by atoms with E-state index in [1.165, 1.54) is 17.7 Å². The lowest BCUT2D eigenvalue weighted by molar-refractivity contribution is -0.133. The number of nitrogens with zero attached hydrogens (tertiary/aromatic N) is 4. The highest BCUT2D eigenvalue weighted by Gasteiger charge is 2.25. The Balaban J connectivity index is 1.59. The van der Waals surface area contributed by atoms with Crippen molar-refractivity contribution in [2.75, 3.05) is 13.1 Å². The highest BCUT2D eigenvalue weighted by Crippen LogP contribution is 2.21. The SMILES string of the molecule is CCc1nccn1CC(=O)N1CCCC(Cc2[nH]ncc2C)C1. The summed E-state index contributed by atoms with van der Waals surface area (Å²) in [6.07, 6.45) is 9.61. The molecule has 1 aliphatic heterocycles. The molecule has 1 fully saturated rings. The van der Waals surface area contributed by atoms with Crippen molar-refractivity contribution < 1.29 is 4.79 Å². The molecule has 6 nitrogen and oxygen atoms in total. The Morgan fingerprint density at radius 1 is 1.48 bits per heavy atom. The average Bonchev–Trinajstić information content (AvgIpc) is 3.17. The number of nitrogens with one attached hydrogen (secondary N) is 1. The van der Waals surface area contributed by atoms with Crippen LogP contribution in [-0.4, -0.2) is 43.6 Å². The van der Waals surface area contributed by atoms with Crippen LogP contribution in [0.5, 0.6) is 0 Å². The Morgan fingerprint density at radius 3 is 3.09 bits per heavy atom. The van der Waals surface area contributed by atoms with Crippen LogP contribution in [0.25, 0.3) is 0 Å². The van der Waals surface area contributed by atoms with E-state index in [0.717, 1.165) is 38.2 Å². The Morgan fingerprint density at radius 2 is 2.35 bits per heavy atom. The summed E-state index contributed by atoms with van der Waals surface area (Å²) in [5, 5.41) is 7.18. The Hall–Kier alpha value is -2.11. The number of hydrogen-bond donors (Lipinski definition) is 1. The van der Waals surface area contributed by atoms with Crippen molar-refractivity contribution in [2.45, 2.75) is 46.1 Å². The molecule has 0 spiro atoms. The van der Waals surface area contributed by atoms with E-state index in [1.807, 2.05) is 21.9 Å². The van der Waals surface area contributed by atoms with Crippen LogP contribution in [0.3, 0.4) is 0 Å². The normalized spacial score (nSPS) is 18.3. The molecule has 3 rings (SSSR count). The van der Waals surface area contributed by atoms with Gasteiger partial charge in [-0.05, 0) is 37.7 Å². The van der Waals surface area contributed by atoms with Crippen molar-refractivity contribution in [1.82, 2.24) is 24.6 Å². The second-order valence-corrected chi connectivity index (χ2v) is 6.41. The van der Waals surface area contributed by atoms with E-state index < -0.39 is 0 Å². The van der Waals surface area contributed by atoms with E-state index in [1.54, 1.807) is 6.20 Å². The van der Waals surface area contributed by atoms with Crippen molar-refractivity contribution in [3.8, 4) is 0 Å². The number of aryl methyl sites for hydroxylation is 2. The van der Waals surface area contributed by atoms with E-state index in [-0.39, 0.29) is 5.91 Å². The van der Waals surface area contributed by atoms with E-state index in [2.05, 4.69) is 29.0 Å². The molecule has 1 saturated heterocycles. The first-order chi connectivity index (χ1) is 11.2. The maximum atomic E-state index is 12.6. The van der Waals surface area contributed by atoms with Crippen LogP contribution in [-0.2, 0) is 24.2 Å². The third-order valence-corrected chi connectivity index (χ3v) is 4.72. The molecule has 0 aliphatic carbocycles. The second-order valence-electron chi connectivity index (χ2n) is 6.41. The van der Waals surface area contributed by atoms with Gasteiger partial charge >= 0.3 is 0 Å². The van der Waals surface area contributed by atoms with Crippen molar-refractivity contribution in [3.63, 3.8) is 0 Å². The highest BCUT2D eigenvalue weighted by atomic mass is 16.2. The first-order valence-electron chi connectivity index (χ1n) is 8.44. The molecule has 1 atom stereocenters. The van der Waals surface area contributed by atoms with Crippen LogP contribution in [0, 0.1) is 12.8 Å². The minimum absolute atomic E-state index is 0.198. The molecule has 0 radical (unpaired) electrons. The lowest BCUT2D eigenvalue weighted by Gasteiger charge is -2.33. The van der Waals surface area contributed by atoms with Crippen LogP contribution in [0.4, 0.5) is 0 Å². The van der Waals surface area contributed by atoms with Gasteiger partial charge in [0.05, 0.1) is 6.20 Å². The first-order valence-corrected chi connectivity index (χ1v) is 8.44. The van der Waals surface area contributed by atoms with Crippen molar-refractivity contribution in [1.29, 1.82) is 0 Å². The number of amides is 1. The quantitative estimate of drug-likeness (QED) is 0.917. The first kappa shape index (κ1) is 15.8. The summed E-state index contributed by atoms with van der Waals surface area (Å²) in [6.45, 7) is 6.25. The minimum Gasteiger partial charge on any atom is -0.341 e. The van der Waals surface area contributed by atoms with Gasteiger partial charge in [0.25, 0.3) is 0 Å². The molecule has 124 valence electrons. The third-order valence-electron chi connectivity index (χ3n) is 4.72. The number of piperidine rings is 1. The summed E-state index contributed by atoms with van der Waals surface area (Å²) in [4.78, 5) is 18.9. The number of rotatable bonds is 5. The number of aromatic nitrogens is 4. The predicted octanol–water partition coefficient (Wildman–Crippen LogP) is 1.96. The fourth-order valence-corrected chi connectivity index (χ4v) is 3.37. The molecule has 0 aromatic carbocycles. The standard InChI is InChI=1S/C17H25N5O/c1-3-16-18-6-8-21(16)12-17(23)22-7-4-5-14(11-22)9-15-13(2)10-19-20-15/h6,8,10,14H,3-5,7,9,11-12H2,1-2H3,(H,19,20). The molecule has 1 aliphatic rings. The van der Waals surface area contributed by atoms with Crippen LogP contribution in [0.2, 0.25) is 0 Å². The molecule has 1 amide bonds. The smallest absolute Gasteiger partial charge is 0.242 e. The summed E-state index contributed by atoms with van der Waals surface area (Å²) in [6, 6.07) is 0. The fourth-order valence-electron chi connectivity index (χ4n) is 3.37. The second kappa shape index (κ2) is 6.98. The molecule has 0 bridgehead atoms. The number of carbonyl (C=O) groups is 1. The number of aromatic amines is 1. The molecule has 23 heavy (non-hydrogen) atoms. The zero-order valence-corrected chi connectivity index (χ0v) is 14.0. The monoisotopic (exact) mass is 315 g/mol. The van der Waals surface area contributed by atoms with Gasteiger partial charge in [-0.25, -0.2) is 4.98 Å². The Kier molecular flexibility index (Phi) is 4.79. The van der Waals surface area contributed by atoms with E-state index >= 15 is 0 Å². The van der Waals surface area contributed by atoms with Gasteiger partial charge in [-0.1, -0.05) is 6.92 Å². The van der Waals surface area contributed by atoms with Crippen molar-refractivity contribution in [3.05, 3.63) is 35.7 Å². The largest absolute Gasteiger partial charge is 0.341 e. The average molecular weight is 315 g/mol. The third kappa shape index (κ3) is 3.63. The van der Waals surface area contributed by atoms with Gasteiger partial charge in [0.1, 0.15) is 12.4 Å². The van der Waals surface area contributed by atoms with Crippen LogP contribution in [0.15, 0.2) is 18.6 Å². The molecule has 1 unspecified atom stereocenters. The van der Waals surface area contributed by atoms with Crippen LogP contribution >= 0.6 is 0 Å². The lowest BCUT2D eigenvalue weighted by Crippen LogP contribution is -2.42. The summed E-state index contributed by atoms with van der Waals surface area (Å²) in [7, 11) is 0. The zero-order chi connectivity index (χ0) is 16.2. The maximum Gasteiger partial charge on any atom is 0.242 e. The van der Waals surface area contributed by atoms with Gasteiger partial charge in [0.15, 0.2) is 0 Å². The van der Waals surface area contributed by atoms with Crippen LogP contribution < -0.4 is 0 Å². The molecule has 2 aromatic heterocycles. The summed E-state index contributed by atoms with van der Waals surface area (Å²) < 4.78 is 1.96. The van der Waals surface area contributed by atoms with Gasteiger partial charge in [-0.3, -0.25) is 9.89 Å². The van der Waals surface area contributed by atoms with E-state index in [9.17, 15) is 4.79 Å². The molecular weight excluding hydrogens is 290 g/mol. The Labute approximate surface area is 136 Å². The summed E-state index contributed by atoms with van der Waals surface area (Å²) in [5.74, 6) is 1.68. The van der Waals surface area contributed by atoms with Gasteiger partial charge in [-0.2, -0.15) is 5.10 Å². The van der Waals surface area contributed by atoms with Gasteiger partial charge in [0, 0.05) is 37.6 Å². The maximum absolute atomic E-state index is 12.6. The molecule has 6 heteroatoms. The van der Waals surface area contributed by atoms with Gasteiger partial charge in [0.2, 0.25) is 5.91 Å². The summed E-state index contributed by atoms with van der Waals surface area (Å²) in [5.41, 5.74) is 2.41. The zero-order valence-electron chi connectivity index (χ0n) is 14.0. The highest BCUT2D eigenvalue weighted by molar-refractivity contribution is 5.76. The number of hydrogen-bond acceptors (Lipinski definition) is 3. The predicted molar refractivity (Wildman–Crippen MR) is 87.9 cm³/mol. The fraction of sp³-hybridized carbons (Fsp3) is 0.588. The van der Waals surface area contributed by atoms with E-state index in [0.29, 0.717) is 12.5 Å². The molecule has 2 aromatic rings. The van der Waals surface area contributed by atoms with Crippen molar-refractivity contribution >= 4 is 5.91 Å². The molecule has 0 saturated carbocycles. The lowest BCUT2D eigenvalue weighted by atomic mass is 9.92. The number of likely N-dealkylation sites (tertiary alicyclic amines) is 1. The van der Waals surface area contributed by atoms with Crippen LogP contribution in [0.1, 0.15) is 36.8 Å². The Bertz CT molecular complexity index is 659. The van der Waals surface area contributed by atoms with Crippen molar-refractivity contribution in [2.24, 2.45) is 5.92 Å². The number of carbonyl (C=O) groups excluding carboxylic acids is 1. The van der Waals surface area contributed by atoms with Gasteiger partial charge in [-0.15, -0.1) is 0 Å². The molecule has 3 heterocycles. The number of H-pyrrole nitrogens is 1. The number of imidazole rings is 1. The topological polar surface area (TPSA) is 66.8 Å².